The Kier molecular flexibility index (Phi) is 4.57. The smallest absolute Gasteiger partial charge is 0.303 e. The summed E-state index contributed by atoms with van der Waals surface area (Å²) in [4.78, 5) is 24.4. The Hall–Kier alpha value is -1.48. The molecule has 0 amide bonds. The lowest BCUT2D eigenvalue weighted by Crippen LogP contribution is -2.86. The molecule has 0 radical (unpaired) electrons. The van der Waals surface area contributed by atoms with E-state index < -0.39 is 64.8 Å². The van der Waals surface area contributed by atoms with Gasteiger partial charge in [0.05, 0.1) is 24.2 Å². The van der Waals surface area contributed by atoms with E-state index in [1.807, 2.05) is 0 Å². The number of rotatable bonds is 2. The molecule has 178 valence electrons. The molecule has 32 heavy (non-hydrogen) atoms. The van der Waals surface area contributed by atoms with Crippen LogP contribution in [0.3, 0.4) is 0 Å². The number of hydrogen-bond acceptors (Lipinski definition) is 8. The van der Waals surface area contributed by atoms with Crippen molar-refractivity contribution in [3.8, 4) is 0 Å². The molecule has 0 aromatic carbocycles. The molecule has 0 unspecified atom stereocenters. The van der Waals surface area contributed by atoms with Crippen molar-refractivity contribution in [2.75, 3.05) is 6.61 Å². The van der Waals surface area contributed by atoms with E-state index in [1.54, 1.807) is 0 Å². The highest BCUT2D eigenvalue weighted by molar-refractivity contribution is 5.67. The molecule has 2 aliphatic heterocycles. The summed E-state index contributed by atoms with van der Waals surface area (Å²) in [7, 11) is 0. The zero-order chi connectivity index (χ0) is 23.4. The van der Waals surface area contributed by atoms with E-state index in [9.17, 15) is 24.9 Å². The van der Waals surface area contributed by atoms with Crippen LogP contribution in [0.25, 0.3) is 0 Å². The molecule has 2 saturated heterocycles. The van der Waals surface area contributed by atoms with Gasteiger partial charge in [-0.3, -0.25) is 9.59 Å². The summed E-state index contributed by atoms with van der Waals surface area (Å²) in [5.41, 5.74) is -2.26. The van der Waals surface area contributed by atoms with Gasteiger partial charge >= 0.3 is 11.9 Å². The third kappa shape index (κ3) is 2.27. The number of esters is 2. The predicted molar refractivity (Wildman–Crippen MR) is 111 cm³/mol. The first kappa shape index (κ1) is 22.3. The minimum atomic E-state index is -2.10. The molecule has 6 fully saturated rings. The zero-order valence-corrected chi connectivity index (χ0v) is 19.2. The molecule has 6 aliphatic rings. The standard InChI is InChI=1S/C24H34O8/c1-11-14-6-7-15-22-10-30-24(29,23(15,18(11)27)19(14)28)20(32-13(3)26)17(22)21(4,5)9-8-16(22)31-12(2)25/h14-20,27-29H,1,6-10H2,2-5H3/t14-,15-,16-,17+,18+,19+,20-,22+,23-,24+/m0/s1. The van der Waals surface area contributed by atoms with Gasteiger partial charge in [0, 0.05) is 31.1 Å². The Balaban J connectivity index is 1.80. The summed E-state index contributed by atoms with van der Waals surface area (Å²) in [5, 5.41) is 35.3. The van der Waals surface area contributed by atoms with Crippen molar-refractivity contribution in [3.63, 3.8) is 0 Å². The molecule has 0 aromatic heterocycles. The maximum Gasteiger partial charge on any atom is 0.303 e. The van der Waals surface area contributed by atoms with Crippen molar-refractivity contribution in [2.45, 2.75) is 83.6 Å². The van der Waals surface area contributed by atoms with Crippen LogP contribution in [0, 0.1) is 34.0 Å². The van der Waals surface area contributed by atoms with Crippen LogP contribution < -0.4 is 0 Å². The van der Waals surface area contributed by atoms with Gasteiger partial charge in [-0.15, -0.1) is 0 Å². The SMILES string of the molecule is C=C1[C@@H](O)[C@]23[C@H](O)[C@H]1CC[C@H]2[C@@]12CO[C@]3(O)[C@@H](OC(C)=O)[C@@H]1C(C)(C)CC[C@@H]2OC(C)=O. The number of aliphatic hydroxyl groups is 3. The van der Waals surface area contributed by atoms with Gasteiger partial charge in [-0.05, 0) is 42.6 Å². The summed E-state index contributed by atoms with van der Waals surface area (Å²) in [6.45, 7) is 10.9. The topological polar surface area (TPSA) is 123 Å². The molecule has 2 heterocycles. The molecule has 8 nitrogen and oxygen atoms in total. The third-order valence-electron chi connectivity index (χ3n) is 9.67. The summed E-state index contributed by atoms with van der Waals surface area (Å²) >= 11 is 0. The Morgan fingerprint density at radius 1 is 1.09 bits per heavy atom. The number of hydrogen-bond donors (Lipinski definition) is 3. The Morgan fingerprint density at radius 2 is 1.75 bits per heavy atom. The van der Waals surface area contributed by atoms with Crippen LogP contribution in [0.4, 0.5) is 0 Å². The van der Waals surface area contributed by atoms with E-state index in [0.717, 1.165) is 0 Å². The van der Waals surface area contributed by atoms with Gasteiger partial charge in [0.15, 0.2) is 6.10 Å². The van der Waals surface area contributed by atoms with Crippen molar-refractivity contribution < 1.29 is 39.1 Å². The van der Waals surface area contributed by atoms with Crippen LogP contribution in [0.5, 0.6) is 0 Å². The second kappa shape index (κ2) is 6.56. The summed E-state index contributed by atoms with van der Waals surface area (Å²) in [5.74, 6) is -4.28. The highest BCUT2D eigenvalue weighted by Crippen LogP contribution is 2.78. The monoisotopic (exact) mass is 450 g/mol. The molecule has 8 heteroatoms. The highest BCUT2D eigenvalue weighted by atomic mass is 16.7. The quantitative estimate of drug-likeness (QED) is 0.425. The van der Waals surface area contributed by atoms with Gasteiger partial charge < -0.3 is 29.5 Å². The number of fused-ring (bicyclic) bond motifs is 2. The molecule has 6 rings (SSSR count). The van der Waals surface area contributed by atoms with Crippen molar-refractivity contribution in [3.05, 3.63) is 12.2 Å². The van der Waals surface area contributed by atoms with Gasteiger partial charge in [0.2, 0.25) is 5.79 Å². The van der Waals surface area contributed by atoms with Crippen molar-refractivity contribution in [1.29, 1.82) is 0 Å². The first-order chi connectivity index (χ1) is 14.9. The van der Waals surface area contributed by atoms with E-state index in [2.05, 4.69) is 20.4 Å². The second-order valence-corrected chi connectivity index (χ2v) is 11.3. The minimum absolute atomic E-state index is 0.0936. The predicted octanol–water partition coefficient (Wildman–Crippen LogP) is 1.31. The van der Waals surface area contributed by atoms with Gasteiger partial charge in [-0.1, -0.05) is 20.4 Å². The second-order valence-electron chi connectivity index (χ2n) is 11.3. The van der Waals surface area contributed by atoms with Crippen LogP contribution in [0.2, 0.25) is 0 Å². The number of carbonyl (C=O) groups excluding carboxylic acids is 2. The molecule has 4 saturated carbocycles. The lowest BCUT2D eigenvalue weighted by atomic mass is 9.35. The van der Waals surface area contributed by atoms with Gasteiger partial charge in [-0.25, -0.2) is 0 Å². The van der Waals surface area contributed by atoms with E-state index in [-0.39, 0.29) is 17.9 Å². The minimum Gasteiger partial charge on any atom is -0.462 e. The van der Waals surface area contributed by atoms with Crippen molar-refractivity contribution in [2.24, 2.45) is 34.0 Å². The van der Waals surface area contributed by atoms with E-state index in [1.165, 1.54) is 13.8 Å². The lowest BCUT2D eigenvalue weighted by molar-refractivity contribution is -0.476. The number of ether oxygens (including phenoxy) is 3. The van der Waals surface area contributed by atoms with Crippen molar-refractivity contribution in [1.82, 2.24) is 0 Å². The molecule has 2 spiro atoms. The lowest BCUT2D eigenvalue weighted by Gasteiger charge is -2.75. The van der Waals surface area contributed by atoms with Gasteiger partial charge in [-0.2, -0.15) is 0 Å². The Labute approximate surface area is 187 Å². The fourth-order valence-electron chi connectivity index (χ4n) is 8.78. The van der Waals surface area contributed by atoms with Crippen LogP contribution in [-0.4, -0.2) is 64.1 Å². The van der Waals surface area contributed by atoms with E-state index >= 15 is 0 Å². The molecule has 10 atom stereocenters. The summed E-state index contributed by atoms with van der Waals surface area (Å²) < 4.78 is 17.8. The summed E-state index contributed by atoms with van der Waals surface area (Å²) in [6, 6.07) is 0. The van der Waals surface area contributed by atoms with Crippen LogP contribution >= 0.6 is 0 Å². The van der Waals surface area contributed by atoms with Crippen LogP contribution in [0.1, 0.15) is 53.4 Å². The maximum absolute atomic E-state index is 12.2. The van der Waals surface area contributed by atoms with Crippen molar-refractivity contribution >= 4 is 11.9 Å². The van der Waals surface area contributed by atoms with E-state index in [4.69, 9.17) is 14.2 Å². The fraction of sp³-hybridized carbons (Fsp3) is 0.833. The zero-order valence-electron chi connectivity index (χ0n) is 19.2. The number of aliphatic hydroxyl groups excluding tert-OH is 2. The average molecular weight is 451 g/mol. The normalized spacial score (nSPS) is 52.7. The molecule has 4 aliphatic carbocycles. The molecular weight excluding hydrogens is 416 g/mol. The fourth-order valence-corrected chi connectivity index (χ4v) is 8.78. The highest BCUT2D eigenvalue weighted by Gasteiger charge is 2.87. The maximum atomic E-state index is 12.2. The van der Waals surface area contributed by atoms with Crippen LogP contribution in [0.15, 0.2) is 12.2 Å². The van der Waals surface area contributed by atoms with Gasteiger partial charge in [0.1, 0.15) is 6.10 Å². The third-order valence-corrected chi connectivity index (χ3v) is 9.67. The average Bonchev–Trinajstić information content (AvgIpc) is 2.80. The van der Waals surface area contributed by atoms with Crippen LogP contribution in [-0.2, 0) is 23.8 Å². The molecule has 3 N–H and O–H groups in total. The summed E-state index contributed by atoms with van der Waals surface area (Å²) in [6.07, 6.45) is -1.53. The Morgan fingerprint density at radius 3 is 2.38 bits per heavy atom. The van der Waals surface area contributed by atoms with Gasteiger partial charge in [0.25, 0.3) is 0 Å². The molecule has 0 aromatic rings. The molecular formula is C24H34O8. The first-order valence-corrected chi connectivity index (χ1v) is 11.6. The number of carbonyl (C=O) groups is 2. The largest absolute Gasteiger partial charge is 0.462 e. The Bertz CT molecular complexity index is 883. The van der Waals surface area contributed by atoms with E-state index in [0.29, 0.717) is 31.3 Å². The first-order valence-electron chi connectivity index (χ1n) is 11.6. The molecule has 4 bridgehead atoms.